The minimum absolute atomic E-state index is 0.143. The Balaban J connectivity index is 2.65. The van der Waals surface area contributed by atoms with Gasteiger partial charge in [0.2, 0.25) is 0 Å². The van der Waals surface area contributed by atoms with E-state index in [1.165, 1.54) is 12.1 Å². The smallest absolute Gasteiger partial charge is 0.383 e. The molecule has 0 spiro atoms. The van der Waals surface area contributed by atoms with Crippen LogP contribution in [0.2, 0.25) is 0 Å². The van der Waals surface area contributed by atoms with E-state index in [2.05, 4.69) is 5.32 Å². The molecule has 0 unspecified atom stereocenters. The van der Waals surface area contributed by atoms with Gasteiger partial charge in [0.25, 0.3) is 0 Å². The van der Waals surface area contributed by atoms with Crippen molar-refractivity contribution in [3.63, 3.8) is 0 Å². The van der Waals surface area contributed by atoms with Gasteiger partial charge in [0.1, 0.15) is 0 Å². The van der Waals surface area contributed by atoms with Crippen molar-refractivity contribution in [1.82, 2.24) is 4.90 Å². The molecule has 0 bridgehead atoms. The number of nitrogens with zero attached hydrogens (tertiary/aromatic N) is 1. The van der Waals surface area contributed by atoms with E-state index in [1.54, 1.807) is 6.07 Å². The van der Waals surface area contributed by atoms with Gasteiger partial charge in [-0.3, -0.25) is 0 Å². The number of hydrogen-bond donors (Lipinski definition) is 1. The van der Waals surface area contributed by atoms with Gasteiger partial charge in [0, 0.05) is 18.8 Å². The molecule has 0 saturated carbocycles. The van der Waals surface area contributed by atoms with E-state index in [4.69, 9.17) is 0 Å². The zero-order valence-electron chi connectivity index (χ0n) is 10.0. The fourth-order valence-corrected chi connectivity index (χ4v) is 1.42. The summed E-state index contributed by atoms with van der Waals surface area (Å²) in [5.41, 5.74) is -0.469. The number of nitrogens with one attached hydrogen (secondary N) is 1. The van der Waals surface area contributed by atoms with Crippen LogP contribution in [-0.4, -0.2) is 31.6 Å². The zero-order chi connectivity index (χ0) is 12.9. The third-order valence-electron chi connectivity index (χ3n) is 2.58. The molecule has 0 amide bonds. The molecule has 2 nitrogen and oxygen atoms in total. The van der Waals surface area contributed by atoms with E-state index in [9.17, 15) is 13.2 Å². The van der Waals surface area contributed by atoms with Crippen LogP contribution in [0.25, 0.3) is 0 Å². The topological polar surface area (TPSA) is 15.3 Å². The molecule has 1 aromatic carbocycles. The highest BCUT2D eigenvalue weighted by Gasteiger charge is 2.32. The Morgan fingerprint density at radius 2 is 1.88 bits per heavy atom. The number of halogens is 3. The Morgan fingerprint density at radius 3 is 2.47 bits per heavy atom. The van der Waals surface area contributed by atoms with Crippen molar-refractivity contribution in [2.24, 2.45) is 0 Å². The molecule has 0 fully saturated rings. The lowest BCUT2D eigenvalue weighted by molar-refractivity contribution is -0.136. The maximum atomic E-state index is 12.6. The zero-order valence-corrected chi connectivity index (χ0v) is 10.0. The lowest BCUT2D eigenvalue weighted by Crippen LogP contribution is -2.25. The molecule has 1 aromatic rings. The Hall–Kier alpha value is -1.23. The van der Waals surface area contributed by atoms with Gasteiger partial charge in [-0.05, 0) is 25.7 Å². The van der Waals surface area contributed by atoms with E-state index >= 15 is 0 Å². The molecular formula is C12H17F3N2. The van der Waals surface area contributed by atoms with Gasteiger partial charge in [-0.1, -0.05) is 19.1 Å². The molecule has 1 N–H and O–H groups in total. The number of anilines is 1. The van der Waals surface area contributed by atoms with Gasteiger partial charge in [0.15, 0.2) is 0 Å². The summed E-state index contributed by atoms with van der Waals surface area (Å²) in [5.74, 6) is 0. The quantitative estimate of drug-likeness (QED) is 0.859. The molecule has 0 atom stereocenters. The average molecular weight is 246 g/mol. The molecule has 0 aliphatic carbocycles. The first-order chi connectivity index (χ1) is 7.95. The van der Waals surface area contributed by atoms with Crippen LogP contribution in [0.3, 0.4) is 0 Å². The predicted octanol–water partition coefficient (Wildman–Crippen LogP) is 3.07. The highest BCUT2D eigenvalue weighted by atomic mass is 19.4. The monoisotopic (exact) mass is 246 g/mol. The van der Waals surface area contributed by atoms with E-state index < -0.39 is 11.7 Å². The van der Waals surface area contributed by atoms with Gasteiger partial charge in [-0.2, -0.15) is 13.2 Å². The van der Waals surface area contributed by atoms with Crippen LogP contribution >= 0.6 is 0 Å². The van der Waals surface area contributed by atoms with E-state index in [0.29, 0.717) is 13.1 Å². The van der Waals surface area contributed by atoms with Gasteiger partial charge in [-0.15, -0.1) is 0 Å². The fraction of sp³-hybridized carbons (Fsp3) is 0.500. The summed E-state index contributed by atoms with van der Waals surface area (Å²) in [6.45, 7) is 4.09. The third-order valence-corrected chi connectivity index (χ3v) is 2.58. The summed E-state index contributed by atoms with van der Waals surface area (Å²) in [4.78, 5) is 2.03. The lowest BCUT2D eigenvalue weighted by atomic mass is 10.1. The van der Waals surface area contributed by atoms with Crippen molar-refractivity contribution in [3.05, 3.63) is 29.8 Å². The van der Waals surface area contributed by atoms with Gasteiger partial charge in [-0.25, -0.2) is 0 Å². The van der Waals surface area contributed by atoms with Gasteiger partial charge in [0.05, 0.1) is 5.56 Å². The molecule has 5 heteroatoms. The van der Waals surface area contributed by atoms with Crippen molar-refractivity contribution >= 4 is 5.69 Å². The maximum Gasteiger partial charge on any atom is 0.418 e. The minimum Gasteiger partial charge on any atom is -0.383 e. The molecule has 0 heterocycles. The molecule has 17 heavy (non-hydrogen) atoms. The summed E-state index contributed by atoms with van der Waals surface area (Å²) in [7, 11) is 1.93. The molecule has 0 saturated heterocycles. The van der Waals surface area contributed by atoms with Crippen LogP contribution in [0.4, 0.5) is 18.9 Å². The summed E-state index contributed by atoms with van der Waals surface area (Å²) in [6.07, 6.45) is -4.31. The molecule has 0 aliphatic rings. The summed E-state index contributed by atoms with van der Waals surface area (Å²) in [5, 5.41) is 2.82. The Bertz CT molecular complexity index is 350. The number of para-hydroxylation sites is 1. The van der Waals surface area contributed by atoms with Crippen molar-refractivity contribution in [3.8, 4) is 0 Å². The van der Waals surface area contributed by atoms with Crippen molar-refractivity contribution in [2.45, 2.75) is 13.1 Å². The minimum atomic E-state index is -4.31. The second kappa shape index (κ2) is 5.91. The maximum absolute atomic E-state index is 12.6. The molecule has 0 aliphatic heterocycles. The summed E-state index contributed by atoms with van der Waals surface area (Å²) < 4.78 is 37.9. The van der Waals surface area contributed by atoms with Crippen LogP contribution in [0.1, 0.15) is 12.5 Å². The predicted molar refractivity (Wildman–Crippen MR) is 63.1 cm³/mol. The first-order valence-electron chi connectivity index (χ1n) is 5.53. The lowest BCUT2D eigenvalue weighted by Gasteiger charge is -2.17. The molecule has 0 radical (unpaired) electrons. The van der Waals surface area contributed by atoms with Crippen LogP contribution in [0.15, 0.2) is 24.3 Å². The third kappa shape index (κ3) is 4.26. The molecule has 0 aromatic heterocycles. The van der Waals surface area contributed by atoms with Crippen LogP contribution in [0, 0.1) is 0 Å². The van der Waals surface area contributed by atoms with Crippen molar-refractivity contribution in [1.29, 1.82) is 0 Å². The van der Waals surface area contributed by atoms with E-state index in [0.717, 1.165) is 12.6 Å². The largest absolute Gasteiger partial charge is 0.418 e. The highest BCUT2D eigenvalue weighted by molar-refractivity contribution is 5.52. The Morgan fingerprint density at radius 1 is 1.24 bits per heavy atom. The number of hydrogen-bond acceptors (Lipinski definition) is 2. The van der Waals surface area contributed by atoms with Crippen molar-refractivity contribution in [2.75, 3.05) is 32.0 Å². The highest BCUT2D eigenvalue weighted by Crippen LogP contribution is 2.34. The van der Waals surface area contributed by atoms with Crippen LogP contribution < -0.4 is 5.32 Å². The Labute approximate surface area is 99.4 Å². The number of benzene rings is 1. The summed E-state index contributed by atoms with van der Waals surface area (Å²) >= 11 is 0. The van der Waals surface area contributed by atoms with Gasteiger partial charge >= 0.3 is 6.18 Å². The SMILES string of the molecule is CCN(C)CCNc1ccccc1C(F)(F)F. The fourth-order valence-electron chi connectivity index (χ4n) is 1.42. The number of rotatable bonds is 5. The normalized spacial score (nSPS) is 11.9. The first kappa shape index (κ1) is 13.8. The van der Waals surface area contributed by atoms with Crippen LogP contribution in [-0.2, 0) is 6.18 Å². The molecular weight excluding hydrogens is 229 g/mol. The second-order valence-corrected chi connectivity index (χ2v) is 3.87. The Kier molecular flexibility index (Phi) is 4.81. The van der Waals surface area contributed by atoms with Gasteiger partial charge < -0.3 is 10.2 Å². The molecule has 1 rings (SSSR count). The van der Waals surface area contributed by atoms with E-state index in [-0.39, 0.29) is 5.69 Å². The van der Waals surface area contributed by atoms with Crippen molar-refractivity contribution < 1.29 is 13.2 Å². The number of alkyl halides is 3. The standard InChI is InChI=1S/C12H17F3N2/c1-3-17(2)9-8-16-11-7-5-4-6-10(11)12(13,14)15/h4-7,16H,3,8-9H2,1-2H3. The summed E-state index contributed by atoms with van der Waals surface area (Å²) in [6, 6.07) is 5.54. The molecule has 96 valence electrons. The second-order valence-electron chi connectivity index (χ2n) is 3.87. The first-order valence-corrected chi connectivity index (χ1v) is 5.53. The number of likely N-dealkylation sites (N-methyl/N-ethyl adjacent to an activating group) is 1. The average Bonchev–Trinajstić information content (AvgIpc) is 2.28. The van der Waals surface area contributed by atoms with Crippen LogP contribution in [0.5, 0.6) is 0 Å². The van der Waals surface area contributed by atoms with E-state index in [1.807, 2.05) is 18.9 Å².